The molecular formula is C29H35NO2S2. The van der Waals surface area contributed by atoms with E-state index in [9.17, 15) is 8.42 Å². The van der Waals surface area contributed by atoms with Gasteiger partial charge in [0.05, 0.1) is 4.90 Å². The van der Waals surface area contributed by atoms with Crippen LogP contribution in [0.15, 0.2) is 71.6 Å². The van der Waals surface area contributed by atoms with Gasteiger partial charge in [-0.25, -0.2) is 13.1 Å². The molecule has 180 valence electrons. The molecule has 3 aromatic carbocycles. The van der Waals surface area contributed by atoms with Gasteiger partial charge in [0.1, 0.15) is 0 Å². The van der Waals surface area contributed by atoms with Crippen LogP contribution in [0.25, 0.3) is 10.8 Å². The van der Waals surface area contributed by atoms with Gasteiger partial charge in [-0.1, -0.05) is 79.9 Å². The van der Waals surface area contributed by atoms with E-state index in [2.05, 4.69) is 40.7 Å². The summed E-state index contributed by atoms with van der Waals surface area (Å²) in [4.78, 5) is 0.375. The molecule has 0 bridgehead atoms. The summed E-state index contributed by atoms with van der Waals surface area (Å²) < 4.78 is 29.4. The molecule has 2 saturated carbocycles. The SMILES string of the molecule is O=S(=O)(NCC1(Cc2ccc(CCSC3CCCC3)cc2)CCC1)c1cccc2ccccc12. The summed E-state index contributed by atoms with van der Waals surface area (Å²) in [6, 6.07) is 22.2. The minimum atomic E-state index is -3.57. The summed E-state index contributed by atoms with van der Waals surface area (Å²) in [6.45, 7) is 0.498. The molecule has 2 aliphatic carbocycles. The van der Waals surface area contributed by atoms with Crippen molar-refractivity contribution in [3.8, 4) is 0 Å². The van der Waals surface area contributed by atoms with Crippen LogP contribution in [0.5, 0.6) is 0 Å². The number of nitrogens with one attached hydrogen (secondary N) is 1. The molecule has 3 nitrogen and oxygen atoms in total. The second-order valence-electron chi connectivity index (χ2n) is 10.2. The molecule has 5 heteroatoms. The highest BCUT2D eigenvalue weighted by Crippen LogP contribution is 2.43. The number of hydrogen-bond donors (Lipinski definition) is 1. The normalized spacial score (nSPS) is 18.2. The van der Waals surface area contributed by atoms with E-state index in [0.29, 0.717) is 11.4 Å². The lowest BCUT2D eigenvalue weighted by Gasteiger charge is -2.42. The third-order valence-electron chi connectivity index (χ3n) is 7.74. The van der Waals surface area contributed by atoms with Crippen molar-refractivity contribution in [1.82, 2.24) is 4.72 Å². The molecule has 2 aliphatic rings. The van der Waals surface area contributed by atoms with E-state index in [-0.39, 0.29) is 5.41 Å². The fraction of sp³-hybridized carbons (Fsp3) is 0.448. The van der Waals surface area contributed by atoms with Crippen LogP contribution in [0.2, 0.25) is 0 Å². The molecule has 0 saturated heterocycles. The molecule has 0 amide bonds. The molecular weight excluding hydrogens is 458 g/mol. The molecule has 3 aromatic rings. The van der Waals surface area contributed by atoms with Gasteiger partial charge in [0.15, 0.2) is 0 Å². The third kappa shape index (κ3) is 5.53. The van der Waals surface area contributed by atoms with Crippen molar-refractivity contribution >= 4 is 32.6 Å². The van der Waals surface area contributed by atoms with E-state index >= 15 is 0 Å². The second-order valence-corrected chi connectivity index (χ2v) is 13.3. The van der Waals surface area contributed by atoms with Crippen molar-refractivity contribution in [3.05, 3.63) is 77.9 Å². The molecule has 0 unspecified atom stereocenters. The summed E-state index contributed by atoms with van der Waals surface area (Å²) in [7, 11) is -3.57. The lowest BCUT2D eigenvalue weighted by atomic mass is 9.65. The predicted octanol–water partition coefficient (Wildman–Crippen LogP) is 6.75. The Morgan fingerprint density at radius 2 is 1.56 bits per heavy atom. The van der Waals surface area contributed by atoms with Gasteiger partial charge < -0.3 is 0 Å². The lowest BCUT2D eigenvalue weighted by molar-refractivity contribution is 0.139. The number of aryl methyl sites for hydroxylation is 1. The van der Waals surface area contributed by atoms with E-state index in [1.807, 2.05) is 36.4 Å². The summed E-state index contributed by atoms with van der Waals surface area (Å²) in [5.74, 6) is 1.21. The summed E-state index contributed by atoms with van der Waals surface area (Å²) >= 11 is 2.15. The Labute approximate surface area is 208 Å². The Morgan fingerprint density at radius 3 is 2.29 bits per heavy atom. The van der Waals surface area contributed by atoms with Crippen LogP contribution >= 0.6 is 11.8 Å². The molecule has 1 N–H and O–H groups in total. The average Bonchev–Trinajstić information content (AvgIpc) is 3.35. The fourth-order valence-corrected chi connectivity index (χ4v) is 8.24. The van der Waals surface area contributed by atoms with Crippen LogP contribution in [0.4, 0.5) is 0 Å². The molecule has 2 fully saturated rings. The van der Waals surface area contributed by atoms with E-state index in [1.54, 1.807) is 6.07 Å². The monoisotopic (exact) mass is 493 g/mol. The Bertz CT molecular complexity index is 1210. The van der Waals surface area contributed by atoms with Gasteiger partial charge in [-0.05, 0) is 72.3 Å². The first kappa shape index (κ1) is 23.9. The molecule has 0 aliphatic heterocycles. The van der Waals surface area contributed by atoms with Crippen LogP contribution in [-0.2, 0) is 22.9 Å². The van der Waals surface area contributed by atoms with Gasteiger partial charge in [0, 0.05) is 17.2 Å². The fourth-order valence-electron chi connectivity index (χ4n) is 5.50. The first-order valence-corrected chi connectivity index (χ1v) is 15.2. The summed E-state index contributed by atoms with van der Waals surface area (Å²) in [5, 5.41) is 2.61. The zero-order chi connectivity index (χ0) is 23.4. The second kappa shape index (κ2) is 10.4. The van der Waals surface area contributed by atoms with Gasteiger partial charge in [-0.3, -0.25) is 0 Å². The maximum Gasteiger partial charge on any atom is 0.241 e. The number of sulfonamides is 1. The van der Waals surface area contributed by atoms with Gasteiger partial charge in [-0.2, -0.15) is 11.8 Å². The largest absolute Gasteiger partial charge is 0.241 e. The van der Waals surface area contributed by atoms with Crippen molar-refractivity contribution in [2.75, 3.05) is 12.3 Å². The van der Waals surface area contributed by atoms with E-state index in [1.165, 1.54) is 49.0 Å². The van der Waals surface area contributed by atoms with Crippen molar-refractivity contribution in [3.63, 3.8) is 0 Å². The van der Waals surface area contributed by atoms with Gasteiger partial charge in [0.2, 0.25) is 10.0 Å². The molecule has 5 rings (SSSR count). The topological polar surface area (TPSA) is 46.2 Å². The Morgan fingerprint density at radius 1 is 0.853 bits per heavy atom. The summed E-state index contributed by atoms with van der Waals surface area (Å²) in [5.41, 5.74) is 2.75. The Hall–Kier alpha value is -1.82. The molecule has 0 spiro atoms. The minimum absolute atomic E-state index is 0.0253. The van der Waals surface area contributed by atoms with Crippen molar-refractivity contribution < 1.29 is 8.42 Å². The Balaban J connectivity index is 1.20. The van der Waals surface area contributed by atoms with Crippen molar-refractivity contribution in [1.29, 1.82) is 0 Å². The Kier molecular flexibility index (Phi) is 7.33. The predicted molar refractivity (Wildman–Crippen MR) is 144 cm³/mol. The number of fused-ring (bicyclic) bond motifs is 1. The quantitative estimate of drug-likeness (QED) is 0.340. The first-order valence-electron chi connectivity index (χ1n) is 12.7. The smallest absolute Gasteiger partial charge is 0.211 e. The number of thioether (sulfide) groups is 1. The van der Waals surface area contributed by atoms with Gasteiger partial charge >= 0.3 is 0 Å². The van der Waals surface area contributed by atoms with Gasteiger partial charge in [-0.15, -0.1) is 0 Å². The highest BCUT2D eigenvalue weighted by molar-refractivity contribution is 7.99. The van der Waals surface area contributed by atoms with E-state index in [0.717, 1.165) is 41.7 Å². The number of rotatable bonds is 10. The van der Waals surface area contributed by atoms with E-state index in [4.69, 9.17) is 0 Å². The maximum atomic E-state index is 13.2. The molecule has 0 atom stereocenters. The van der Waals surface area contributed by atoms with Crippen LogP contribution in [0, 0.1) is 5.41 Å². The first-order chi connectivity index (χ1) is 16.5. The lowest BCUT2D eigenvalue weighted by Crippen LogP contribution is -2.43. The van der Waals surface area contributed by atoms with Crippen molar-refractivity contribution in [2.24, 2.45) is 5.41 Å². The van der Waals surface area contributed by atoms with Crippen LogP contribution in [-0.4, -0.2) is 26.0 Å². The third-order valence-corrected chi connectivity index (χ3v) is 10.6. The van der Waals surface area contributed by atoms with Crippen molar-refractivity contribution in [2.45, 2.75) is 67.9 Å². The molecule has 0 heterocycles. The number of benzene rings is 3. The van der Waals surface area contributed by atoms with E-state index < -0.39 is 10.0 Å². The average molecular weight is 494 g/mol. The standard InChI is InChI=1S/C29H35NO2S2/c31-34(32,28-12-5-8-25-7-1-4-11-27(25)28)30-22-29(18-6-19-29)21-24-15-13-23(14-16-24)17-20-33-26-9-2-3-10-26/h1,4-5,7-8,11-16,26,30H,2-3,6,9-10,17-22H2. The highest BCUT2D eigenvalue weighted by Gasteiger charge is 2.38. The number of hydrogen-bond acceptors (Lipinski definition) is 3. The molecule has 34 heavy (non-hydrogen) atoms. The highest BCUT2D eigenvalue weighted by atomic mass is 32.2. The van der Waals surface area contributed by atoms with Crippen LogP contribution < -0.4 is 4.72 Å². The molecule has 0 radical (unpaired) electrons. The zero-order valence-corrected chi connectivity index (χ0v) is 21.5. The van der Waals surface area contributed by atoms with Crippen LogP contribution in [0.1, 0.15) is 56.1 Å². The minimum Gasteiger partial charge on any atom is -0.211 e. The summed E-state index contributed by atoms with van der Waals surface area (Å²) in [6.07, 6.45) is 11.0. The molecule has 0 aromatic heterocycles. The van der Waals surface area contributed by atoms with Crippen LogP contribution in [0.3, 0.4) is 0 Å². The van der Waals surface area contributed by atoms with Gasteiger partial charge in [0.25, 0.3) is 0 Å². The maximum absolute atomic E-state index is 13.2. The zero-order valence-electron chi connectivity index (χ0n) is 19.8.